The monoisotopic (exact) mass is 234 g/mol. The number of aromatic nitrogens is 2. The van der Waals surface area contributed by atoms with Gasteiger partial charge in [0.05, 0.1) is 10.9 Å². The Morgan fingerprint density at radius 3 is 2.47 bits per heavy atom. The zero-order valence-corrected chi connectivity index (χ0v) is 9.94. The number of aromatic amines is 1. The van der Waals surface area contributed by atoms with E-state index < -0.39 is 11.2 Å². The summed E-state index contributed by atoms with van der Waals surface area (Å²) in [5, 5.41) is 9.70. The van der Waals surface area contributed by atoms with E-state index in [1.807, 2.05) is 0 Å². The zero-order valence-electron chi connectivity index (χ0n) is 9.94. The Balaban J connectivity index is 2.97. The van der Waals surface area contributed by atoms with Gasteiger partial charge in [0.15, 0.2) is 0 Å². The van der Waals surface area contributed by atoms with Crippen LogP contribution in [0.4, 0.5) is 0 Å². The smallest absolute Gasteiger partial charge is 0.329 e. The number of H-pyrrole nitrogens is 1. The van der Waals surface area contributed by atoms with Gasteiger partial charge >= 0.3 is 5.69 Å². The Morgan fingerprint density at radius 1 is 1.24 bits per heavy atom. The van der Waals surface area contributed by atoms with E-state index in [0.29, 0.717) is 10.9 Å². The highest BCUT2D eigenvalue weighted by Crippen LogP contribution is 2.15. The second kappa shape index (κ2) is 3.48. The third-order valence-corrected chi connectivity index (χ3v) is 2.55. The molecule has 5 heteroatoms. The molecule has 0 aliphatic carbocycles. The quantitative estimate of drug-likeness (QED) is 0.718. The van der Waals surface area contributed by atoms with Crippen LogP contribution >= 0.6 is 0 Å². The Hall–Kier alpha value is -2.04. The molecule has 1 heterocycles. The normalized spacial score (nSPS) is 11.9. The average Bonchev–Trinajstić information content (AvgIpc) is 2.13. The van der Waals surface area contributed by atoms with Gasteiger partial charge in [-0.05, 0) is 32.9 Å². The molecular formula is C12H14N2O3. The largest absolute Gasteiger partial charge is 0.508 e. The fraction of sp³-hybridized carbons (Fsp3) is 0.333. The van der Waals surface area contributed by atoms with Crippen LogP contribution in [0.3, 0.4) is 0 Å². The van der Waals surface area contributed by atoms with Gasteiger partial charge in [0, 0.05) is 11.6 Å². The summed E-state index contributed by atoms with van der Waals surface area (Å²) in [5.41, 5.74) is -1.06. The summed E-state index contributed by atoms with van der Waals surface area (Å²) < 4.78 is 1.17. The fourth-order valence-corrected chi connectivity index (χ4v) is 1.82. The van der Waals surface area contributed by atoms with E-state index in [4.69, 9.17) is 0 Å². The third-order valence-electron chi connectivity index (χ3n) is 2.55. The molecule has 2 aromatic rings. The van der Waals surface area contributed by atoms with Crippen molar-refractivity contribution in [3.05, 3.63) is 39.0 Å². The number of aromatic hydroxyl groups is 1. The molecule has 0 unspecified atom stereocenters. The maximum atomic E-state index is 12.2. The number of hydrogen-bond acceptors (Lipinski definition) is 3. The van der Waals surface area contributed by atoms with Gasteiger partial charge in [0.2, 0.25) is 0 Å². The minimum atomic E-state index is -0.587. The minimum Gasteiger partial charge on any atom is -0.508 e. The molecule has 0 saturated carbocycles. The van der Waals surface area contributed by atoms with Crippen molar-refractivity contribution in [3.8, 4) is 5.75 Å². The average molecular weight is 234 g/mol. The van der Waals surface area contributed by atoms with Crippen molar-refractivity contribution in [3.63, 3.8) is 0 Å². The summed E-state index contributed by atoms with van der Waals surface area (Å²) in [7, 11) is 0. The van der Waals surface area contributed by atoms with Crippen molar-refractivity contribution in [2.45, 2.75) is 26.3 Å². The highest BCUT2D eigenvalue weighted by molar-refractivity contribution is 5.78. The van der Waals surface area contributed by atoms with Gasteiger partial charge < -0.3 is 10.1 Å². The minimum absolute atomic E-state index is 0.0149. The summed E-state index contributed by atoms with van der Waals surface area (Å²) in [4.78, 5) is 26.6. The summed E-state index contributed by atoms with van der Waals surface area (Å²) in [5.74, 6) is 0.0149. The van der Waals surface area contributed by atoms with Crippen molar-refractivity contribution >= 4 is 10.9 Å². The lowest BCUT2D eigenvalue weighted by atomic mass is 10.1. The van der Waals surface area contributed by atoms with Crippen LogP contribution in [0, 0.1) is 0 Å². The summed E-state index contributed by atoms with van der Waals surface area (Å²) >= 11 is 0. The number of benzene rings is 1. The van der Waals surface area contributed by atoms with Crippen LogP contribution in [0.2, 0.25) is 0 Å². The van der Waals surface area contributed by atoms with E-state index in [1.165, 1.54) is 22.8 Å². The van der Waals surface area contributed by atoms with Crippen molar-refractivity contribution in [1.29, 1.82) is 0 Å². The first-order valence-electron chi connectivity index (χ1n) is 5.29. The molecule has 0 aliphatic rings. The topological polar surface area (TPSA) is 75.1 Å². The number of nitrogens with zero attached hydrogens (tertiary/aromatic N) is 1. The maximum absolute atomic E-state index is 12.2. The summed E-state index contributed by atoms with van der Waals surface area (Å²) in [6, 6.07) is 4.30. The molecule has 0 spiro atoms. The molecular weight excluding hydrogens is 220 g/mol. The predicted molar refractivity (Wildman–Crippen MR) is 65.5 cm³/mol. The lowest BCUT2D eigenvalue weighted by Crippen LogP contribution is -2.44. The molecule has 0 amide bonds. The van der Waals surface area contributed by atoms with Gasteiger partial charge in [-0.3, -0.25) is 9.36 Å². The highest BCUT2D eigenvalue weighted by atomic mass is 16.3. The lowest BCUT2D eigenvalue weighted by molar-refractivity contribution is 0.369. The van der Waals surface area contributed by atoms with Crippen LogP contribution in [0.1, 0.15) is 20.8 Å². The molecule has 0 radical (unpaired) electrons. The Kier molecular flexibility index (Phi) is 2.34. The standard InChI is InChI=1S/C12H14N2O3/c1-12(2,3)14-10(16)8-5-4-7(15)6-9(8)13-11(14)17/h4-6,15H,1-3H3,(H,13,17). The number of fused-ring (bicyclic) bond motifs is 1. The first-order valence-corrected chi connectivity index (χ1v) is 5.29. The van der Waals surface area contributed by atoms with Gasteiger partial charge in [0.1, 0.15) is 5.75 Å². The van der Waals surface area contributed by atoms with E-state index in [-0.39, 0.29) is 11.3 Å². The second-order valence-electron chi connectivity index (χ2n) is 4.97. The van der Waals surface area contributed by atoms with Gasteiger partial charge in [0.25, 0.3) is 5.56 Å². The summed E-state index contributed by atoms with van der Waals surface area (Å²) in [6.45, 7) is 5.36. The van der Waals surface area contributed by atoms with Crippen LogP contribution < -0.4 is 11.2 Å². The van der Waals surface area contributed by atoms with E-state index in [1.54, 1.807) is 20.8 Å². The lowest BCUT2D eigenvalue weighted by Gasteiger charge is -2.21. The predicted octanol–water partition coefficient (Wildman–Crippen LogP) is 1.15. The first kappa shape index (κ1) is 11.4. The molecule has 2 rings (SSSR count). The van der Waals surface area contributed by atoms with Crippen LogP contribution in [0.15, 0.2) is 27.8 Å². The van der Waals surface area contributed by atoms with Crippen LogP contribution in [-0.4, -0.2) is 14.7 Å². The van der Waals surface area contributed by atoms with Gasteiger partial charge in [-0.15, -0.1) is 0 Å². The number of phenols is 1. The third kappa shape index (κ3) is 1.84. The molecule has 0 saturated heterocycles. The van der Waals surface area contributed by atoms with Crippen molar-refractivity contribution in [1.82, 2.24) is 9.55 Å². The van der Waals surface area contributed by atoms with E-state index in [0.717, 1.165) is 0 Å². The SMILES string of the molecule is CC(C)(C)n1c(=O)[nH]c2cc(O)ccc2c1=O. The molecule has 0 aliphatic heterocycles. The molecule has 0 bridgehead atoms. The van der Waals surface area contributed by atoms with Crippen molar-refractivity contribution in [2.75, 3.05) is 0 Å². The molecule has 2 N–H and O–H groups in total. The van der Waals surface area contributed by atoms with Crippen LogP contribution in [0.5, 0.6) is 5.75 Å². The fourth-order valence-electron chi connectivity index (χ4n) is 1.82. The molecule has 1 aromatic heterocycles. The molecule has 90 valence electrons. The van der Waals surface area contributed by atoms with Gasteiger partial charge in [-0.1, -0.05) is 0 Å². The van der Waals surface area contributed by atoms with Gasteiger partial charge in [-0.2, -0.15) is 0 Å². The number of hydrogen-bond donors (Lipinski definition) is 2. The molecule has 0 atom stereocenters. The van der Waals surface area contributed by atoms with Crippen molar-refractivity contribution in [2.24, 2.45) is 0 Å². The number of phenolic OH excluding ortho intramolecular Hbond substituents is 1. The van der Waals surface area contributed by atoms with Gasteiger partial charge in [-0.25, -0.2) is 4.79 Å². The Morgan fingerprint density at radius 2 is 1.88 bits per heavy atom. The van der Waals surface area contributed by atoms with E-state index in [2.05, 4.69) is 4.98 Å². The van der Waals surface area contributed by atoms with Crippen LogP contribution in [0.25, 0.3) is 10.9 Å². The van der Waals surface area contributed by atoms with Crippen LogP contribution in [-0.2, 0) is 5.54 Å². The Bertz CT molecular complexity index is 689. The van der Waals surface area contributed by atoms with Crippen molar-refractivity contribution < 1.29 is 5.11 Å². The molecule has 5 nitrogen and oxygen atoms in total. The first-order chi connectivity index (χ1) is 7.80. The number of rotatable bonds is 0. The molecule has 0 fully saturated rings. The number of nitrogens with one attached hydrogen (secondary N) is 1. The summed E-state index contributed by atoms with van der Waals surface area (Å²) in [6.07, 6.45) is 0. The molecule has 1 aromatic carbocycles. The Labute approximate surface area is 97.3 Å². The highest BCUT2D eigenvalue weighted by Gasteiger charge is 2.19. The zero-order chi connectivity index (χ0) is 12.8. The van der Waals surface area contributed by atoms with E-state index >= 15 is 0 Å². The maximum Gasteiger partial charge on any atom is 0.329 e. The second-order valence-corrected chi connectivity index (χ2v) is 4.97. The molecule has 17 heavy (non-hydrogen) atoms. The van der Waals surface area contributed by atoms with E-state index in [9.17, 15) is 14.7 Å².